The third-order valence-electron chi connectivity index (χ3n) is 3.46. The molecule has 0 amide bonds. The molecule has 2 aromatic rings. The van der Waals surface area contributed by atoms with E-state index in [-0.39, 0.29) is 6.10 Å². The summed E-state index contributed by atoms with van der Waals surface area (Å²) in [5, 5.41) is 6.55. The van der Waals surface area contributed by atoms with E-state index >= 15 is 0 Å². The highest BCUT2D eigenvalue weighted by Gasteiger charge is 2.01. The molecule has 6 nitrogen and oxygen atoms in total. The molecule has 1 heterocycles. The number of ether oxygens (including phenoxy) is 2. The Hall–Kier alpha value is -2.76. The maximum absolute atomic E-state index is 5.67. The Labute approximate surface area is 155 Å². The molecule has 0 aliphatic carbocycles. The molecule has 2 rings (SSSR count). The van der Waals surface area contributed by atoms with Gasteiger partial charge in [-0.3, -0.25) is 4.99 Å². The van der Waals surface area contributed by atoms with Gasteiger partial charge in [0.1, 0.15) is 5.75 Å². The first-order valence-corrected chi connectivity index (χ1v) is 8.91. The lowest BCUT2D eigenvalue weighted by molar-refractivity contribution is 0.232. The van der Waals surface area contributed by atoms with E-state index in [1.165, 1.54) is 0 Å². The largest absolute Gasteiger partial charge is 0.494 e. The molecule has 0 saturated carbocycles. The van der Waals surface area contributed by atoms with Crippen molar-refractivity contribution in [2.24, 2.45) is 4.99 Å². The van der Waals surface area contributed by atoms with Crippen LogP contribution in [0, 0.1) is 0 Å². The second-order valence-electron chi connectivity index (χ2n) is 6.04. The van der Waals surface area contributed by atoms with Crippen LogP contribution in [0.25, 0.3) is 0 Å². The second kappa shape index (κ2) is 11.0. The highest BCUT2D eigenvalue weighted by molar-refractivity contribution is 5.79. The number of aliphatic imine (C=N–C) groups is 1. The Kier molecular flexibility index (Phi) is 8.26. The van der Waals surface area contributed by atoms with Crippen molar-refractivity contribution >= 4 is 5.96 Å². The fourth-order valence-electron chi connectivity index (χ4n) is 2.22. The van der Waals surface area contributed by atoms with E-state index in [0.29, 0.717) is 19.0 Å². The van der Waals surface area contributed by atoms with Crippen molar-refractivity contribution in [2.45, 2.75) is 32.9 Å². The Bertz CT molecular complexity index is 657. The van der Waals surface area contributed by atoms with Crippen LogP contribution in [0.4, 0.5) is 0 Å². The maximum atomic E-state index is 5.67. The van der Waals surface area contributed by atoms with Gasteiger partial charge in [0.15, 0.2) is 5.96 Å². The Morgan fingerprint density at radius 1 is 1.12 bits per heavy atom. The monoisotopic (exact) mass is 356 g/mol. The van der Waals surface area contributed by atoms with Crippen LogP contribution >= 0.6 is 0 Å². The summed E-state index contributed by atoms with van der Waals surface area (Å²) in [7, 11) is 1.76. The highest BCUT2D eigenvalue weighted by atomic mass is 16.5. The number of hydrogen-bond donors (Lipinski definition) is 2. The number of guanidine groups is 1. The predicted molar refractivity (Wildman–Crippen MR) is 105 cm³/mol. The summed E-state index contributed by atoms with van der Waals surface area (Å²) in [6, 6.07) is 13.7. The number of pyridine rings is 1. The van der Waals surface area contributed by atoms with Crippen LogP contribution in [0.15, 0.2) is 53.7 Å². The first-order valence-electron chi connectivity index (χ1n) is 8.91. The predicted octanol–water partition coefficient (Wildman–Crippen LogP) is 3.00. The molecular formula is C20H28N4O2. The normalized spacial score (nSPS) is 11.3. The molecule has 0 spiro atoms. The number of para-hydroxylation sites is 1. The first kappa shape index (κ1) is 19.6. The van der Waals surface area contributed by atoms with Crippen molar-refractivity contribution in [1.82, 2.24) is 15.6 Å². The Morgan fingerprint density at radius 3 is 2.58 bits per heavy atom. The highest BCUT2D eigenvalue weighted by Crippen LogP contribution is 2.09. The van der Waals surface area contributed by atoms with Crippen molar-refractivity contribution in [3.63, 3.8) is 0 Å². The molecule has 0 radical (unpaired) electrons. The summed E-state index contributed by atoms with van der Waals surface area (Å²) in [5.41, 5.74) is 1.07. The number of nitrogens with one attached hydrogen (secondary N) is 2. The lowest BCUT2D eigenvalue weighted by Crippen LogP contribution is -2.37. The van der Waals surface area contributed by atoms with Gasteiger partial charge in [0.25, 0.3) is 0 Å². The minimum atomic E-state index is 0.125. The number of nitrogens with zero attached hydrogens (tertiary/aromatic N) is 2. The molecule has 0 atom stereocenters. The van der Waals surface area contributed by atoms with Gasteiger partial charge in [-0.25, -0.2) is 4.98 Å². The van der Waals surface area contributed by atoms with Gasteiger partial charge < -0.3 is 20.1 Å². The van der Waals surface area contributed by atoms with Crippen molar-refractivity contribution in [3.05, 3.63) is 54.2 Å². The fraction of sp³-hybridized carbons (Fsp3) is 0.400. The Morgan fingerprint density at radius 2 is 1.92 bits per heavy atom. The maximum Gasteiger partial charge on any atom is 0.213 e. The van der Waals surface area contributed by atoms with Gasteiger partial charge in [-0.2, -0.15) is 0 Å². The molecule has 0 aliphatic rings. The molecule has 6 heteroatoms. The summed E-state index contributed by atoms with van der Waals surface area (Å²) in [6.45, 7) is 6.06. The average Bonchev–Trinajstić information content (AvgIpc) is 2.65. The number of rotatable bonds is 9. The summed E-state index contributed by atoms with van der Waals surface area (Å²) in [4.78, 5) is 8.52. The van der Waals surface area contributed by atoms with E-state index in [9.17, 15) is 0 Å². The van der Waals surface area contributed by atoms with Gasteiger partial charge in [0, 0.05) is 32.4 Å². The number of aromatic nitrogens is 1. The summed E-state index contributed by atoms with van der Waals surface area (Å²) in [5.74, 6) is 2.30. The van der Waals surface area contributed by atoms with Crippen LogP contribution in [0.2, 0.25) is 0 Å². The third-order valence-corrected chi connectivity index (χ3v) is 3.46. The Balaban J connectivity index is 1.64. The number of hydrogen-bond acceptors (Lipinski definition) is 4. The van der Waals surface area contributed by atoms with Crippen molar-refractivity contribution in [1.29, 1.82) is 0 Å². The van der Waals surface area contributed by atoms with Crippen LogP contribution in [0.1, 0.15) is 25.8 Å². The third kappa shape index (κ3) is 7.42. The van der Waals surface area contributed by atoms with Crippen LogP contribution in [0.5, 0.6) is 11.6 Å². The molecule has 0 unspecified atom stereocenters. The smallest absolute Gasteiger partial charge is 0.213 e. The fourth-order valence-corrected chi connectivity index (χ4v) is 2.22. The standard InChI is InChI=1S/C20H28N4O2/c1-16(2)26-19-11-10-17(14-23-19)15-24-20(21-3)22-12-7-13-25-18-8-5-4-6-9-18/h4-6,8-11,14,16H,7,12-13,15H2,1-3H3,(H2,21,22,24). The minimum Gasteiger partial charge on any atom is -0.494 e. The SMILES string of the molecule is CN=C(NCCCOc1ccccc1)NCc1ccc(OC(C)C)nc1. The van der Waals surface area contributed by atoms with Gasteiger partial charge in [-0.1, -0.05) is 24.3 Å². The summed E-state index contributed by atoms with van der Waals surface area (Å²) in [6.07, 6.45) is 2.82. The molecule has 0 bridgehead atoms. The zero-order chi connectivity index (χ0) is 18.6. The molecule has 26 heavy (non-hydrogen) atoms. The van der Waals surface area contributed by atoms with Gasteiger partial charge in [0.2, 0.25) is 5.88 Å². The van der Waals surface area contributed by atoms with Crippen molar-refractivity contribution in [2.75, 3.05) is 20.2 Å². The zero-order valence-electron chi connectivity index (χ0n) is 15.7. The molecule has 2 N–H and O–H groups in total. The van der Waals surface area contributed by atoms with Crippen molar-refractivity contribution < 1.29 is 9.47 Å². The quantitative estimate of drug-likeness (QED) is 0.411. The lowest BCUT2D eigenvalue weighted by atomic mass is 10.3. The van der Waals surface area contributed by atoms with Crippen LogP contribution in [-0.2, 0) is 6.54 Å². The lowest BCUT2D eigenvalue weighted by Gasteiger charge is -2.13. The average molecular weight is 356 g/mol. The van der Waals surface area contributed by atoms with E-state index in [0.717, 1.165) is 30.2 Å². The number of benzene rings is 1. The first-order chi connectivity index (χ1) is 12.7. The summed E-state index contributed by atoms with van der Waals surface area (Å²) < 4.78 is 11.2. The van der Waals surface area contributed by atoms with Crippen LogP contribution in [0.3, 0.4) is 0 Å². The van der Waals surface area contributed by atoms with E-state index < -0.39 is 0 Å². The van der Waals surface area contributed by atoms with Gasteiger partial charge in [-0.05, 0) is 38.0 Å². The minimum absolute atomic E-state index is 0.125. The molecule has 0 saturated heterocycles. The van der Waals surface area contributed by atoms with Gasteiger partial charge in [0.05, 0.1) is 12.7 Å². The van der Waals surface area contributed by atoms with Crippen LogP contribution < -0.4 is 20.1 Å². The van der Waals surface area contributed by atoms with Gasteiger partial charge >= 0.3 is 0 Å². The topological polar surface area (TPSA) is 67.8 Å². The van der Waals surface area contributed by atoms with E-state index in [2.05, 4.69) is 20.6 Å². The second-order valence-corrected chi connectivity index (χ2v) is 6.04. The molecule has 140 valence electrons. The van der Waals surface area contributed by atoms with Gasteiger partial charge in [-0.15, -0.1) is 0 Å². The van der Waals surface area contributed by atoms with E-state index in [1.54, 1.807) is 7.05 Å². The molecule has 1 aromatic heterocycles. The molecule has 0 aliphatic heterocycles. The van der Waals surface area contributed by atoms with Crippen molar-refractivity contribution in [3.8, 4) is 11.6 Å². The summed E-state index contributed by atoms with van der Waals surface area (Å²) >= 11 is 0. The molecular weight excluding hydrogens is 328 g/mol. The van der Waals surface area contributed by atoms with E-state index in [1.807, 2.05) is 62.5 Å². The van der Waals surface area contributed by atoms with Crippen LogP contribution in [-0.4, -0.2) is 37.2 Å². The zero-order valence-corrected chi connectivity index (χ0v) is 15.7. The molecule has 1 aromatic carbocycles. The van der Waals surface area contributed by atoms with E-state index in [4.69, 9.17) is 9.47 Å². The molecule has 0 fully saturated rings.